The summed E-state index contributed by atoms with van der Waals surface area (Å²) in [5, 5.41) is 3.95. The van der Waals surface area contributed by atoms with Gasteiger partial charge in [0.1, 0.15) is 0 Å². The van der Waals surface area contributed by atoms with Crippen LogP contribution in [0.1, 0.15) is 35.6 Å². The van der Waals surface area contributed by atoms with E-state index >= 15 is 0 Å². The fraction of sp³-hybridized carbons (Fsp3) is 0.400. The standard InChI is InChI=1S/C15H13F6N3/c16-14(17,18)9-3-4-11(12(5-9)15(19,20)21)13(8-1-2-8)24-7-10(22)6-23-24/h3-8,13H,1-2,22H2. The first-order chi connectivity index (χ1) is 11.1. The first-order valence-electron chi connectivity index (χ1n) is 7.15. The summed E-state index contributed by atoms with van der Waals surface area (Å²) in [6, 6.07) is 0.942. The Hall–Kier alpha value is -2.19. The van der Waals surface area contributed by atoms with E-state index < -0.39 is 29.5 Å². The Balaban J connectivity index is 2.14. The molecule has 1 aromatic heterocycles. The second kappa shape index (κ2) is 5.42. The predicted octanol–water partition coefficient (Wildman–Crippen LogP) is 4.50. The van der Waals surface area contributed by atoms with Crippen LogP contribution in [0.4, 0.5) is 32.0 Å². The Bertz CT molecular complexity index is 742. The first kappa shape index (κ1) is 16.7. The molecule has 0 saturated heterocycles. The van der Waals surface area contributed by atoms with E-state index in [1.165, 1.54) is 17.1 Å². The van der Waals surface area contributed by atoms with Gasteiger partial charge in [0.05, 0.1) is 29.1 Å². The number of aromatic nitrogens is 2. The third kappa shape index (κ3) is 3.20. The number of nitrogens with zero attached hydrogens (tertiary/aromatic N) is 2. The molecule has 9 heteroatoms. The van der Waals surface area contributed by atoms with E-state index in [1.807, 2.05) is 0 Å². The van der Waals surface area contributed by atoms with Crippen molar-refractivity contribution in [3.8, 4) is 0 Å². The third-order valence-corrected chi connectivity index (χ3v) is 3.98. The summed E-state index contributed by atoms with van der Waals surface area (Å²) in [6.45, 7) is 0. The number of halogens is 6. The zero-order valence-electron chi connectivity index (χ0n) is 12.2. The molecular formula is C15H13F6N3. The molecule has 1 saturated carbocycles. The van der Waals surface area contributed by atoms with E-state index in [9.17, 15) is 26.3 Å². The van der Waals surface area contributed by atoms with Gasteiger partial charge < -0.3 is 5.73 Å². The van der Waals surface area contributed by atoms with Crippen LogP contribution in [0.3, 0.4) is 0 Å². The van der Waals surface area contributed by atoms with Crippen LogP contribution in [0.5, 0.6) is 0 Å². The van der Waals surface area contributed by atoms with Crippen molar-refractivity contribution in [3.05, 3.63) is 47.3 Å². The molecule has 2 aromatic rings. The normalized spacial score (nSPS) is 17.1. The molecule has 24 heavy (non-hydrogen) atoms. The molecule has 1 aromatic carbocycles. The second-order valence-corrected chi connectivity index (χ2v) is 5.83. The highest BCUT2D eigenvalue weighted by Crippen LogP contribution is 2.47. The summed E-state index contributed by atoms with van der Waals surface area (Å²) in [5.74, 6) is -0.109. The van der Waals surface area contributed by atoms with Gasteiger partial charge in [-0.3, -0.25) is 4.68 Å². The maximum Gasteiger partial charge on any atom is 0.416 e. The Morgan fingerprint density at radius 3 is 2.21 bits per heavy atom. The van der Waals surface area contributed by atoms with E-state index in [0.717, 1.165) is 6.07 Å². The van der Waals surface area contributed by atoms with Gasteiger partial charge in [-0.2, -0.15) is 31.4 Å². The summed E-state index contributed by atoms with van der Waals surface area (Å²) >= 11 is 0. The predicted molar refractivity (Wildman–Crippen MR) is 73.9 cm³/mol. The molecule has 1 atom stereocenters. The molecule has 0 bridgehead atoms. The van der Waals surface area contributed by atoms with E-state index in [0.29, 0.717) is 18.9 Å². The molecule has 1 aliphatic rings. The Morgan fingerprint density at radius 2 is 1.75 bits per heavy atom. The summed E-state index contributed by atoms with van der Waals surface area (Å²) in [7, 11) is 0. The van der Waals surface area contributed by atoms with Crippen molar-refractivity contribution in [2.24, 2.45) is 5.92 Å². The average Bonchev–Trinajstić information content (AvgIpc) is 3.19. The summed E-state index contributed by atoms with van der Waals surface area (Å²) in [4.78, 5) is 0. The molecule has 130 valence electrons. The highest BCUT2D eigenvalue weighted by molar-refractivity contribution is 5.40. The van der Waals surface area contributed by atoms with Gasteiger partial charge in [-0.1, -0.05) is 6.07 Å². The van der Waals surface area contributed by atoms with Gasteiger partial charge in [-0.15, -0.1) is 0 Å². The lowest BCUT2D eigenvalue weighted by atomic mass is 9.94. The molecule has 1 unspecified atom stereocenters. The minimum atomic E-state index is -4.90. The van der Waals surface area contributed by atoms with Crippen LogP contribution >= 0.6 is 0 Å². The number of hydrogen-bond donors (Lipinski definition) is 1. The number of nitrogen functional groups attached to an aromatic ring is 1. The van der Waals surface area contributed by atoms with Crippen molar-refractivity contribution in [1.29, 1.82) is 0 Å². The quantitative estimate of drug-likeness (QED) is 0.829. The topological polar surface area (TPSA) is 43.8 Å². The van der Waals surface area contributed by atoms with E-state index in [1.54, 1.807) is 0 Å². The Labute approximate surface area is 133 Å². The van der Waals surface area contributed by atoms with Gasteiger partial charge in [-0.25, -0.2) is 0 Å². The molecular weight excluding hydrogens is 336 g/mol. The highest BCUT2D eigenvalue weighted by Gasteiger charge is 2.43. The number of nitrogens with two attached hydrogens (primary N) is 1. The molecule has 0 spiro atoms. The lowest BCUT2D eigenvalue weighted by molar-refractivity contribution is -0.143. The Morgan fingerprint density at radius 1 is 1.08 bits per heavy atom. The lowest BCUT2D eigenvalue weighted by Crippen LogP contribution is -2.20. The minimum absolute atomic E-state index is 0.109. The fourth-order valence-electron chi connectivity index (χ4n) is 2.77. The summed E-state index contributed by atoms with van der Waals surface area (Å²) in [5.41, 5.74) is 3.01. The number of alkyl halides is 6. The van der Waals surface area contributed by atoms with Crippen molar-refractivity contribution in [2.45, 2.75) is 31.2 Å². The molecule has 1 heterocycles. The van der Waals surface area contributed by atoms with Crippen LogP contribution in [0.2, 0.25) is 0 Å². The van der Waals surface area contributed by atoms with Gasteiger partial charge in [0.15, 0.2) is 0 Å². The van der Waals surface area contributed by atoms with Gasteiger partial charge in [0, 0.05) is 6.20 Å². The van der Waals surface area contributed by atoms with Crippen LogP contribution in [0.15, 0.2) is 30.6 Å². The molecule has 3 nitrogen and oxygen atoms in total. The van der Waals surface area contributed by atoms with Gasteiger partial charge in [-0.05, 0) is 36.5 Å². The number of anilines is 1. The zero-order chi connectivity index (χ0) is 17.7. The van der Waals surface area contributed by atoms with Crippen LogP contribution in [-0.4, -0.2) is 9.78 Å². The van der Waals surface area contributed by atoms with E-state index in [2.05, 4.69) is 5.10 Å². The first-order valence-corrected chi connectivity index (χ1v) is 7.15. The lowest BCUT2D eigenvalue weighted by Gasteiger charge is -2.23. The van der Waals surface area contributed by atoms with Crippen molar-refractivity contribution in [2.75, 3.05) is 5.73 Å². The zero-order valence-corrected chi connectivity index (χ0v) is 12.2. The van der Waals surface area contributed by atoms with Crippen LogP contribution in [0.25, 0.3) is 0 Å². The van der Waals surface area contributed by atoms with Crippen LogP contribution in [-0.2, 0) is 12.4 Å². The molecule has 3 rings (SSSR count). The monoisotopic (exact) mass is 349 g/mol. The van der Waals surface area contributed by atoms with Crippen molar-refractivity contribution >= 4 is 5.69 Å². The van der Waals surface area contributed by atoms with Gasteiger partial charge >= 0.3 is 12.4 Å². The highest BCUT2D eigenvalue weighted by atomic mass is 19.4. The maximum absolute atomic E-state index is 13.4. The Kier molecular flexibility index (Phi) is 3.76. The molecule has 0 radical (unpaired) electrons. The minimum Gasteiger partial charge on any atom is -0.396 e. The van der Waals surface area contributed by atoms with Crippen LogP contribution < -0.4 is 5.73 Å². The van der Waals surface area contributed by atoms with Crippen LogP contribution in [0, 0.1) is 5.92 Å². The number of benzene rings is 1. The average molecular weight is 349 g/mol. The maximum atomic E-state index is 13.4. The van der Waals surface area contributed by atoms with E-state index in [4.69, 9.17) is 5.73 Å². The van der Waals surface area contributed by atoms with Crippen molar-refractivity contribution in [1.82, 2.24) is 9.78 Å². The molecule has 1 aliphatic carbocycles. The largest absolute Gasteiger partial charge is 0.416 e. The van der Waals surface area contributed by atoms with E-state index in [-0.39, 0.29) is 23.2 Å². The number of rotatable bonds is 3. The van der Waals surface area contributed by atoms with Crippen molar-refractivity contribution < 1.29 is 26.3 Å². The molecule has 2 N–H and O–H groups in total. The van der Waals surface area contributed by atoms with Crippen molar-refractivity contribution in [3.63, 3.8) is 0 Å². The number of hydrogen-bond acceptors (Lipinski definition) is 2. The summed E-state index contributed by atoms with van der Waals surface area (Å²) < 4.78 is 79.7. The van der Waals surface area contributed by atoms with Gasteiger partial charge in [0.25, 0.3) is 0 Å². The fourth-order valence-corrected chi connectivity index (χ4v) is 2.77. The smallest absolute Gasteiger partial charge is 0.396 e. The second-order valence-electron chi connectivity index (χ2n) is 5.83. The third-order valence-electron chi connectivity index (χ3n) is 3.98. The van der Waals surface area contributed by atoms with Gasteiger partial charge in [0.2, 0.25) is 0 Å². The summed E-state index contributed by atoms with van der Waals surface area (Å²) in [6.07, 6.45) is -5.69. The SMILES string of the molecule is Nc1cnn(C(c2ccc(C(F)(F)F)cc2C(F)(F)F)C2CC2)c1. The molecule has 1 fully saturated rings. The molecule has 0 amide bonds. The molecule has 0 aliphatic heterocycles.